The van der Waals surface area contributed by atoms with Crippen LogP contribution in [-0.4, -0.2) is 43.7 Å². The van der Waals surface area contributed by atoms with Gasteiger partial charge in [-0.05, 0) is 30.7 Å². The van der Waals surface area contributed by atoms with Gasteiger partial charge in [-0.25, -0.2) is 0 Å². The van der Waals surface area contributed by atoms with E-state index in [1.54, 1.807) is 0 Å². The molecular formula is C14H21ClN2O. The third-order valence-corrected chi connectivity index (χ3v) is 3.50. The second-order valence-corrected chi connectivity index (χ2v) is 5.09. The van der Waals surface area contributed by atoms with E-state index in [0.29, 0.717) is 0 Å². The number of nitrogens with zero attached hydrogens (tertiary/aromatic N) is 1. The van der Waals surface area contributed by atoms with Crippen LogP contribution in [-0.2, 0) is 0 Å². The Morgan fingerprint density at radius 2 is 1.94 bits per heavy atom. The second kappa shape index (κ2) is 6.98. The molecule has 0 aromatic heterocycles. The van der Waals surface area contributed by atoms with Crippen LogP contribution in [0.5, 0.6) is 5.75 Å². The molecule has 1 heterocycles. The van der Waals surface area contributed by atoms with Gasteiger partial charge in [0.1, 0.15) is 11.9 Å². The second-order valence-electron chi connectivity index (χ2n) is 4.65. The summed E-state index contributed by atoms with van der Waals surface area (Å²) in [5.41, 5.74) is 0. The van der Waals surface area contributed by atoms with Crippen LogP contribution in [0.1, 0.15) is 13.3 Å². The quantitative estimate of drug-likeness (QED) is 0.888. The number of hydrogen-bond donors (Lipinski definition) is 1. The van der Waals surface area contributed by atoms with E-state index in [4.69, 9.17) is 16.3 Å². The van der Waals surface area contributed by atoms with Crippen molar-refractivity contribution >= 4 is 11.6 Å². The standard InChI is InChI=1S/C14H21ClN2O/c1-2-13(11-17-9-7-16-8-10-17)18-14-5-3-12(15)4-6-14/h3-6,13,16H,2,7-11H2,1H3. The molecule has 18 heavy (non-hydrogen) atoms. The fourth-order valence-electron chi connectivity index (χ4n) is 2.14. The summed E-state index contributed by atoms with van der Waals surface area (Å²) in [6.45, 7) is 7.55. The summed E-state index contributed by atoms with van der Waals surface area (Å²) in [7, 11) is 0. The van der Waals surface area contributed by atoms with Gasteiger partial charge >= 0.3 is 0 Å². The van der Waals surface area contributed by atoms with Gasteiger partial charge in [-0.3, -0.25) is 4.90 Å². The summed E-state index contributed by atoms with van der Waals surface area (Å²) in [6, 6.07) is 7.61. The number of nitrogens with one attached hydrogen (secondary N) is 1. The molecule has 100 valence electrons. The lowest BCUT2D eigenvalue weighted by atomic mass is 10.2. The van der Waals surface area contributed by atoms with Crippen molar-refractivity contribution in [1.82, 2.24) is 10.2 Å². The Labute approximate surface area is 114 Å². The zero-order chi connectivity index (χ0) is 12.8. The molecule has 4 heteroatoms. The van der Waals surface area contributed by atoms with Crippen molar-refractivity contribution in [3.8, 4) is 5.75 Å². The van der Waals surface area contributed by atoms with Crippen LogP contribution in [0.4, 0.5) is 0 Å². The first-order chi connectivity index (χ1) is 8.78. The van der Waals surface area contributed by atoms with Crippen molar-refractivity contribution in [1.29, 1.82) is 0 Å². The maximum atomic E-state index is 6.00. The van der Waals surface area contributed by atoms with Gasteiger partial charge in [-0.1, -0.05) is 18.5 Å². The third-order valence-electron chi connectivity index (χ3n) is 3.24. The molecular weight excluding hydrogens is 248 g/mol. The predicted octanol–water partition coefficient (Wildman–Crippen LogP) is 2.40. The SMILES string of the molecule is CCC(CN1CCNCC1)Oc1ccc(Cl)cc1. The van der Waals surface area contributed by atoms with Crippen molar-refractivity contribution in [3.05, 3.63) is 29.3 Å². The molecule has 1 aliphatic rings. The van der Waals surface area contributed by atoms with Crippen LogP contribution in [0, 0.1) is 0 Å². The lowest BCUT2D eigenvalue weighted by Gasteiger charge is -2.30. The average Bonchev–Trinajstić information content (AvgIpc) is 2.41. The van der Waals surface area contributed by atoms with Gasteiger partial charge < -0.3 is 10.1 Å². The first-order valence-corrected chi connectivity index (χ1v) is 7.01. The van der Waals surface area contributed by atoms with Gasteiger partial charge in [0.15, 0.2) is 0 Å². The normalized spacial score (nSPS) is 18.6. The minimum atomic E-state index is 0.254. The van der Waals surface area contributed by atoms with Crippen molar-refractivity contribution in [2.45, 2.75) is 19.4 Å². The largest absolute Gasteiger partial charge is 0.489 e. The molecule has 2 rings (SSSR count). The van der Waals surface area contributed by atoms with E-state index < -0.39 is 0 Å². The molecule has 0 amide bonds. The fraction of sp³-hybridized carbons (Fsp3) is 0.571. The molecule has 0 spiro atoms. The topological polar surface area (TPSA) is 24.5 Å². The average molecular weight is 269 g/mol. The summed E-state index contributed by atoms with van der Waals surface area (Å²) in [5.74, 6) is 0.904. The van der Waals surface area contributed by atoms with E-state index in [1.165, 1.54) is 0 Å². The predicted molar refractivity (Wildman–Crippen MR) is 75.5 cm³/mol. The van der Waals surface area contributed by atoms with Gasteiger partial charge in [0.05, 0.1) is 0 Å². The van der Waals surface area contributed by atoms with Crippen molar-refractivity contribution in [3.63, 3.8) is 0 Å². The highest BCUT2D eigenvalue weighted by Crippen LogP contribution is 2.18. The first-order valence-electron chi connectivity index (χ1n) is 6.63. The Bertz CT molecular complexity index is 349. The summed E-state index contributed by atoms with van der Waals surface area (Å²) in [5, 5.41) is 4.11. The van der Waals surface area contributed by atoms with Gasteiger partial charge in [0, 0.05) is 37.7 Å². The lowest BCUT2D eigenvalue weighted by molar-refractivity contribution is 0.120. The fourth-order valence-corrected chi connectivity index (χ4v) is 2.26. The molecule has 0 radical (unpaired) electrons. The molecule has 1 atom stereocenters. The van der Waals surface area contributed by atoms with Crippen LogP contribution in [0.25, 0.3) is 0 Å². The van der Waals surface area contributed by atoms with E-state index in [9.17, 15) is 0 Å². The Kier molecular flexibility index (Phi) is 5.29. The smallest absolute Gasteiger partial charge is 0.119 e. The number of piperazine rings is 1. The molecule has 1 aliphatic heterocycles. The maximum Gasteiger partial charge on any atom is 0.119 e. The number of benzene rings is 1. The van der Waals surface area contributed by atoms with Crippen LogP contribution in [0.2, 0.25) is 5.02 Å². The molecule has 1 N–H and O–H groups in total. The van der Waals surface area contributed by atoms with Crippen LogP contribution in [0.15, 0.2) is 24.3 Å². The molecule has 0 bridgehead atoms. The van der Waals surface area contributed by atoms with E-state index in [1.807, 2.05) is 24.3 Å². The molecule has 1 unspecified atom stereocenters. The Morgan fingerprint density at radius 1 is 1.28 bits per heavy atom. The zero-order valence-corrected chi connectivity index (χ0v) is 11.6. The number of ether oxygens (including phenoxy) is 1. The maximum absolute atomic E-state index is 6.00. The van der Waals surface area contributed by atoms with E-state index >= 15 is 0 Å². The van der Waals surface area contributed by atoms with Gasteiger partial charge in [-0.2, -0.15) is 0 Å². The zero-order valence-electron chi connectivity index (χ0n) is 10.9. The minimum absolute atomic E-state index is 0.254. The molecule has 1 aromatic rings. The molecule has 1 fully saturated rings. The van der Waals surface area contributed by atoms with Crippen molar-refractivity contribution < 1.29 is 4.74 Å². The molecule has 0 saturated carbocycles. The summed E-state index contributed by atoms with van der Waals surface area (Å²) >= 11 is 5.87. The highest BCUT2D eigenvalue weighted by atomic mass is 35.5. The first kappa shape index (κ1) is 13.7. The third kappa shape index (κ3) is 4.16. The Morgan fingerprint density at radius 3 is 2.56 bits per heavy atom. The summed E-state index contributed by atoms with van der Waals surface area (Å²) in [6.07, 6.45) is 1.27. The van der Waals surface area contributed by atoms with E-state index in [2.05, 4.69) is 17.1 Å². The van der Waals surface area contributed by atoms with Crippen molar-refractivity contribution in [2.75, 3.05) is 32.7 Å². The molecule has 1 aromatic carbocycles. The molecule has 3 nitrogen and oxygen atoms in total. The monoisotopic (exact) mass is 268 g/mol. The number of rotatable bonds is 5. The summed E-state index contributed by atoms with van der Waals surface area (Å²) in [4.78, 5) is 2.46. The van der Waals surface area contributed by atoms with E-state index in [-0.39, 0.29) is 6.10 Å². The van der Waals surface area contributed by atoms with Crippen LogP contribution < -0.4 is 10.1 Å². The summed E-state index contributed by atoms with van der Waals surface area (Å²) < 4.78 is 6.00. The lowest BCUT2D eigenvalue weighted by Crippen LogP contribution is -2.47. The minimum Gasteiger partial charge on any atom is -0.489 e. The van der Waals surface area contributed by atoms with Gasteiger partial charge in [0.25, 0.3) is 0 Å². The van der Waals surface area contributed by atoms with Crippen LogP contribution >= 0.6 is 11.6 Å². The van der Waals surface area contributed by atoms with E-state index in [0.717, 1.165) is 49.9 Å². The highest BCUT2D eigenvalue weighted by molar-refractivity contribution is 6.30. The highest BCUT2D eigenvalue weighted by Gasteiger charge is 2.16. The molecule has 1 saturated heterocycles. The number of halogens is 1. The number of hydrogen-bond acceptors (Lipinski definition) is 3. The Balaban J connectivity index is 1.86. The Hall–Kier alpha value is -0.770. The molecule has 0 aliphatic carbocycles. The van der Waals surface area contributed by atoms with Crippen LogP contribution in [0.3, 0.4) is 0 Å². The van der Waals surface area contributed by atoms with Crippen molar-refractivity contribution in [2.24, 2.45) is 0 Å². The van der Waals surface area contributed by atoms with Gasteiger partial charge in [-0.15, -0.1) is 0 Å². The van der Waals surface area contributed by atoms with Gasteiger partial charge in [0.2, 0.25) is 0 Å².